The molecule has 130 valence electrons. The second kappa shape index (κ2) is 8.00. The molecule has 1 aromatic carbocycles. The molecule has 2 aliphatic rings. The number of rotatable bonds is 5. The SMILES string of the molecule is CN(CCN1CCOCC1)C(=O)C[C@H]1Sc2ccccc2NC1=O. The van der Waals surface area contributed by atoms with E-state index in [9.17, 15) is 9.59 Å². The molecule has 0 aromatic heterocycles. The summed E-state index contributed by atoms with van der Waals surface area (Å²) in [5.74, 6) is -0.0797. The van der Waals surface area contributed by atoms with Gasteiger partial charge in [0.05, 0.1) is 24.2 Å². The zero-order chi connectivity index (χ0) is 16.9. The first-order valence-corrected chi connectivity index (χ1v) is 9.12. The summed E-state index contributed by atoms with van der Waals surface area (Å²) in [5.41, 5.74) is 0.830. The number of benzene rings is 1. The molecular formula is C17H23N3O3S. The van der Waals surface area contributed by atoms with Crippen LogP contribution < -0.4 is 5.32 Å². The minimum absolute atomic E-state index is 0.00953. The quantitative estimate of drug-likeness (QED) is 0.868. The number of nitrogens with zero attached hydrogens (tertiary/aromatic N) is 2. The number of anilines is 1. The summed E-state index contributed by atoms with van der Waals surface area (Å²) >= 11 is 1.47. The van der Waals surface area contributed by atoms with Gasteiger partial charge in [0.15, 0.2) is 0 Å². The van der Waals surface area contributed by atoms with Gasteiger partial charge in [-0.1, -0.05) is 12.1 Å². The van der Waals surface area contributed by atoms with E-state index in [1.165, 1.54) is 11.8 Å². The molecule has 1 N–H and O–H groups in total. The highest BCUT2D eigenvalue weighted by atomic mass is 32.2. The number of hydrogen-bond donors (Lipinski definition) is 1. The van der Waals surface area contributed by atoms with Crippen molar-refractivity contribution in [3.8, 4) is 0 Å². The fourth-order valence-corrected chi connectivity index (χ4v) is 3.88. The molecule has 0 unspecified atom stereocenters. The van der Waals surface area contributed by atoms with Crippen molar-refractivity contribution < 1.29 is 14.3 Å². The highest BCUT2D eigenvalue weighted by Crippen LogP contribution is 2.36. The van der Waals surface area contributed by atoms with Crippen molar-refractivity contribution in [2.45, 2.75) is 16.6 Å². The number of hydrogen-bond acceptors (Lipinski definition) is 5. The van der Waals surface area contributed by atoms with Crippen LogP contribution in [0.25, 0.3) is 0 Å². The van der Waals surface area contributed by atoms with E-state index < -0.39 is 0 Å². The Hall–Kier alpha value is -1.57. The lowest BCUT2D eigenvalue weighted by Crippen LogP contribution is -2.43. The Labute approximate surface area is 146 Å². The normalized spacial score (nSPS) is 21.0. The van der Waals surface area contributed by atoms with Crippen LogP contribution in [-0.2, 0) is 14.3 Å². The third-order valence-electron chi connectivity index (χ3n) is 4.35. The number of nitrogens with one attached hydrogen (secondary N) is 1. The van der Waals surface area contributed by atoms with Crippen molar-refractivity contribution in [2.24, 2.45) is 0 Å². The van der Waals surface area contributed by atoms with Crippen LogP contribution in [0, 0.1) is 0 Å². The molecule has 24 heavy (non-hydrogen) atoms. The van der Waals surface area contributed by atoms with Gasteiger partial charge >= 0.3 is 0 Å². The highest BCUT2D eigenvalue weighted by Gasteiger charge is 2.29. The molecule has 1 atom stereocenters. The molecule has 2 heterocycles. The third-order valence-corrected chi connectivity index (χ3v) is 5.62. The average Bonchev–Trinajstić information content (AvgIpc) is 2.61. The Morgan fingerprint density at radius 3 is 2.92 bits per heavy atom. The summed E-state index contributed by atoms with van der Waals surface area (Å²) < 4.78 is 5.33. The van der Waals surface area contributed by atoms with Gasteiger partial charge in [0.1, 0.15) is 0 Å². The summed E-state index contributed by atoms with van der Waals surface area (Å²) in [7, 11) is 1.81. The molecule has 6 nitrogen and oxygen atoms in total. The summed E-state index contributed by atoms with van der Waals surface area (Å²) in [4.78, 5) is 29.7. The largest absolute Gasteiger partial charge is 0.379 e. The Morgan fingerprint density at radius 2 is 2.12 bits per heavy atom. The van der Waals surface area contributed by atoms with E-state index in [1.54, 1.807) is 4.90 Å². The number of morpholine rings is 1. The van der Waals surface area contributed by atoms with Crippen LogP contribution in [0.5, 0.6) is 0 Å². The molecule has 3 rings (SSSR count). The number of likely N-dealkylation sites (N-methyl/N-ethyl adjacent to an activating group) is 1. The first-order chi connectivity index (χ1) is 11.6. The summed E-state index contributed by atoms with van der Waals surface area (Å²) in [6.45, 7) is 4.87. The molecule has 2 aliphatic heterocycles. The number of ether oxygens (including phenoxy) is 1. The van der Waals surface area contributed by atoms with Gasteiger partial charge in [0.25, 0.3) is 0 Å². The van der Waals surface area contributed by atoms with E-state index in [4.69, 9.17) is 4.74 Å². The van der Waals surface area contributed by atoms with Crippen LogP contribution in [0.3, 0.4) is 0 Å². The predicted octanol–water partition coefficient (Wildman–Crippen LogP) is 1.28. The lowest BCUT2D eigenvalue weighted by Gasteiger charge is -2.29. The molecule has 0 saturated carbocycles. The van der Waals surface area contributed by atoms with Crippen molar-refractivity contribution in [3.05, 3.63) is 24.3 Å². The third kappa shape index (κ3) is 4.28. The molecule has 1 aromatic rings. The van der Waals surface area contributed by atoms with Crippen LogP contribution in [0.4, 0.5) is 5.69 Å². The molecule has 0 bridgehead atoms. The zero-order valence-corrected chi connectivity index (χ0v) is 14.7. The number of para-hydroxylation sites is 1. The molecule has 0 spiro atoms. The van der Waals surface area contributed by atoms with Crippen molar-refractivity contribution in [1.82, 2.24) is 9.80 Å². The van der Waals surface area contributed by atoms with Crippen molar-refractivity contribution in [3.63, 3.8) is 0 Å². The molecule has 1 saturated heterocycles. The highest BCUT2D eigenvalue weighted by molar-refractivity contribution is 8.01. The molecular weight excluding hydrogens is 326 g/mol. The van der Waals surface area contributed by atoms with Crippen LogP contribution in [-0.4, -0.2) is 73.3 Å². The maximum absolute atomic E-state index is 12.4. The van der Waals surface area contributed by atoms with E-state index in [2.05, 4.69) is 10.2 Å². The number of carbonyl (C=O) groups is 2. The van der Waals surface area contributed by atoms with Crippen LogP contribution in [0.15, 0.2) is 29.2 Å². The molecule has 7 heteroatoms. The topological polar surface area (TPSA) is 61.9 Å². The predicted molar refractivity (Wildman–Crippen MR) is 94.2 cm³/mol. The van der Waals surface area contributed by atoms with Gasteiger partial charge in [-0.3, -0.25) is 14.5 Å². The van der Waals surface area contributed by atoms with E-state index in [1.807, 2.05) is 31.3 Å². The van der Waals surface area contributed by atoms with Crippen molar-refractivity contribution in [2.75, 3.05) is 51.8 Å². The van der Waals surface area contributed by atoms with Gasteiger partial charge < -0.3 is 15.0 Å². The Kier molecular flexibility index (Phi) is 5.76. The number of carbonyl (C=O) groups excluding carboxylic acids is 2. The van der Waals surface area contributed by atoms with E-state index in [0.29, 0.717) is 6.54 Å². The summed E-state index contributed by atoms with van der Waals surface area (Å²) in [6.07, 6.45) is 0.227. The van der Waals surface area contributed by atoms with Gasteiger partial charge in [-0.25, -0.2) is 0 Å². The van der Waals surface area contributed by atoms with Gasteiger partial charge in [0.2, 0.25) is 11.8 Å². The van der Waals surface area contributed by atoms with Gasteiger partial charge in [0, 0.05) is 44.5 Å². The zero-order valence-electron chi connectivity index (χ0n) is 13.9. The second-order valence-electron chi connectivity index (χ2n) is 6.07. The van der Waals surface area contributed by atoms with Crippen molar-refractivity contribution >= 4 is 29.3 Å². The summed E-state index contributed by atoms with van der Waals surface area (Å²) in [5, 5.41) is 2.52. The maximum Gasteiger partial charge on any atom is 0.238 e. The smallest absolute Gasteiger partial charge is 0.238 e. The fraction of sp³-hybridized carbons (Fsp3) is 0.529. The molecule has 2 amide bonds. The van der Waals surface area contributed by atoms with Gasteiger partial charge in [-0.2, -0.15) is 0 Å². The minimum Gasteiger partial charge on any atom is -0.379 e. The molecule has 0 radical (unpaired) electrons. The van der Waals surface area contributed by atoms with E-state index in [-0.39, 0.29) is 23.5 Å². The van der Waals surface area contributed by atoms with Crippen LogP contribution in [0.1, 0.15) is 6.42 Å². The lowest BCUT2D eigenvalue weighted by molar-refractivity contribution is -0.131. The molecule has 1 fully saturated rings. The molecule has 0 aliphatic carbocycles. The monoisotopic (exact) mass is 349 g/mol. The fourth-order valence-electron chi connectivity index (χ4n) is 2.78. The van der Waals surface area contributed by atoms with E-state index in [0.717, 1.165) is 43.4 Å². The Balaban J connectivity index is 1.49. The minimum atomic E-state index is -0.363. The standard InChI is InChI=1S/C17H23N3O3S/c1-19(6-7-20-8-10-23-11-9-20)16(21)12-15-17(22)18-13-4-2-3-5-14(13)24-15/h2-5,15H,6-12H2,1H3,(H,18,22)/t15-/m1/s1. The van der Waals surface area contributed by atoms with Crippen LogP contribution >= 0.6 is 11.8 Å². The number of thioether (sulfide) groups is 1. The van der Waals surface area contributed by atoms with Gasteiger partial charge in [-0.15, -0.1) is 11.8 Å². The van der Waals surface area contributed by atoms with Crippen LogP contribution in [0.2, 0.25) is 0 Å². The Bertz CT molecular complexity index is 604. The number of fused-ring (bicyclic) bond motifs is 1. The number of amides is 2. The maximum atomic E-state index is 12.4. The summed E-state index contributed by atoms with van der Waals surface area (Å²) in [6, 6.07) is 7.69. The average molecular weight is 349 g/mol. The van der Waals surface area contributed by atoms with E-state index >= 15 is 0 Å². The van der Waals surface area contributed by atoms with Crippen molar-refractivity contribution in [1.29, 1.82) is 0 Å². The first-order valence-electron chi connectivity index (χ1n) is 8.24. The Morgan fingerprint density at radius 1 is 1.38 bits per heavy atom. The lowest BCUT2D eigenvalue weighted by atomic mass is 10.2. The van der Waals surface area contributed by atoms with Gasteiger partial charge in [-0.05, 0) is 12.1 Å². The second-order valence-corrected chi connectivity index (χ2v) is 7.31. The first kappa shape index (κ1) is 17.3.